The van der Waals surface area contributed by atoms with Crippen molar-refractivity contribution in [3.8, 4) is 5.75 Å². The predicted molar refractivity (Wildman–Crippen MR) is 119 cm³/mol. The SMILES string of the molecule is CC1CCCN(C(=O)CCNC(=O)c2oc3ccccc3c2COc2ccccc2)C1. The van der Waals surface area contributed by atoms with Crippen LogP contribution in [0.2, 0.25) is 0 Å². The molecule has 0 radical (unpaired) electrons. The molecule has 6 heteroatoms. The second-order valence-corrected chi connectivity index (χ2v) is 8.10. The molecule has 31 heavy (non-hydrogen) atoms. The summed E-state index contributed by atoms with van der Waals surface area (Å²) in [5.74, 6) is 1.25. The molecule has 1 aliphatic heterocycles. The van der Waals surface area contributed by atoms with Gasteiger partial charge in [0.15, 0.2) is 5.76 Å². The third-order valence-electron chi connectivity index (χ3n) is 5.67. The van der Waals surface area contributed by atoms with Crippen molar-refractivity contribution in [1.82, 2.24) is 10.2 Å². The number of likely N-dealkylation sites (tertiary alicyclic amines) is 1. The van der Waals surface area contributed by atoms with Crippen molar-refractivity contribution in [2.75, 3.05) is 19.6 Å². The number of hydrogen-bond acceptors (Lipinski definition) is 4. The van der Waals surface area contributed by atoms with Gasteiger partial charge in [0, 0.05) is 37.0 Å². The van der Waals surface area contributed by atoms with E-state index in [-0.39, 0.29) is 37.1 Å². The topological polar surface area (TPSA) is 71.8 Å². The van der Waals surface area contributed by atoms with E-state index in [9.17, 15) is 9.59 Å². The molecule has 0 saturated carbocycles. The molecule has 0 aliphatic carbocycles. The van der Waals surface area contributed by atoms with E-state index < -0.39 is 0 Å². The first kappa shape index (κ1) is 21.0. The number of carbonyl (C=O) groups is 2. The van der Waals surface area contributed by atoms with Crippen LogP contribution in [0.1, 0.15) is 42.3 Å². The number of fused-ring (bicyclic) bond motifs is 1. The van der Waals surface area contributed by atoms with Gasteiger partial charge in [0.05, 0.1) is 0 Å². The van der Waals surface area contributed by atoms with Gasteiger partial charge in [-0.1, -0.05) is 43.3 Å². The van der Waals surface area contributed by atoms with Crippen molar-refractivity contribution in [3.05, 3.63) is 65.9 Å². The number of furan rings is 1. The zero-order valence-corrected chi connectivity index (χ0v) is 17.8. The van der Waals surface area contributed by atoms with E-state index >= 15 is 0 Å². The summed E-state index contributed by atoms with van der Waals surface area (Å²) in [5, 5.41) is 3.69. The number of piperidine rings is 1. The Morgan fingerprint density at radius 1 is 1.13 bits per heavy atom. The highest BCUT2D eigenvalue weighted by atomic mass is 16.5. The Balaban J connectivity index is 1.41. The van der Waals surface area contributed by atoms with Gasteiger partial charge in [0.1, 0.15) is 17.9 Å². The van der Waals surface area contributed by atoms with E-state index in [1.165, 1.54) is 6.42 Å². The Labute approximate surface area is 182 Å². The van der Waals surface area contributed by atoms with Crippen LogP contribution in [0.15, 0.2) is 59.0 Å². The average molecular weight is 421 g/mol. The first-order valence-corrected chi connectivity index (χ1v) is 10.9. The maximum Gasteiger partial charge on any atom is 0.287 e. The standard InChI is InChI=1S/C25H28N2O4/c1-18-8-7-15-27(16-18)23(28)13-14-26-25(29)24-21(17-30-19-9-3-2-4-10-19)20-11-5-6-12-22(20)31-24/h2-6,9-12,18H,7-8,13-17H2,1H3,(H,26,29). The lowest BCUT2D eigenvalue weighted by Crippen LogP contribution is -2.40. The molecule has 6 nitrogen and oxygen atoms in total. The van der Waals surface area contributed by atoms with Crippen LogP contribution in [0.3, 0.4) is 0 Å². The van der Waals surface area contributed by atoms with E-state index in [0.717, 1.165) is 30.6 Å². The van der Waals surface area contributed by atoms with Gasteiger partial charge in [-0.2, -0.15) is 0 Å². The number of nitrogens with one attached hydrogen (secondary N) is 1. The largest absolute Gasteiger partial charge is 0.489 e. The maximum absolute atomic E-state index is 12.9. The first-order valence-electron chi connectivity index (χ1n) is 10.9. The van der Waals surface area contributed by atoms with Gasteiger partial charge < -0.3 is 19.4 Å². The fourth-order valence-electron chi connectivity index (χ4n) is 4.04. The average Bonchev–Trinajstić information content (AvgIpc) is 3.17. The van der Waals surface area contributed by atoms with Crippen molar-refractivity contribution in [2.45, 2.75) is 32.8 Å². The molecule has 1 aliphatic rings. The molecule has 1 saturated heterocycles. The molecular formula is C25H28N2O4. The number of hydrogen-bond donors (Lipinski definition) is 1. The van der Waals surface area contributed by atoms with Crippen molar-refractivity contribution >= 4 is 22.8 Å². The third kappa shape index (κ3) is 5.08. The summed E-state index contributed by atoms with van der Waals surface area (Å²) >= 11 is 0. The highest BCUT2D eigenvalue weighted by molar-refractivity contribution is 5.99. The van der Waals surface area contributed by atoms with Crippen LogP contribution in [0.25, 0.3) is 11.0 Å². The van der Waals surface area contributed by atoms with E-state index in [0.29, 0.717) is 17.1 Å². The number of rotatable bonds is 7. The summed E-state index contributed by atoms with van der Waals surface area (Å²) in [4.78, 5) is 27.2. The molecule has 1 fully saturated rings. The van der Waals surface area contributed by atoms with Gasteiger partial charge in [-0.25, -0.2) is 0 Å². The number of ether oxygens (including phenoxy) is 1. The second kappa shape index (κ2) is 9.69. The quantitative estimate of drug-likeness (QED) is 0.615. The highest BCUT2D eigenvalue weighted by Gasteiger charge is 2.23. The molecular weight excluding hydrogens is 392 g/mol. The van der Waals surface area contributed by atoms with Crippen molar-refractivity contribution in [3.63, 3.8) is 0 Å². The van der Waals surface area contributed by atoms with Gasteiger partial charge in [-0.3, -0.25) is 9.59 Å². The van der Waals surface area contributed by atoms with E-state index in [1.807, 2.05) is 59.5 Å². The lowest BCUT2D eigenvalue weighted by atomic mass is 10.00. The maximum atomic E-state index is 12.9. The molecule has 1 atom stereocenters. The minimum Gasteiger partial charge on any atom is -0.489 e. The lowest BCUT2D eigenvalue weighted by molar-refractivity contribution is -0.132. The second-order valence-electron chi connectivity index (χ2n) is 8.10. The van der Waals surface area contributed by atoms with Gasteiger partial charge in [0.2, 0.25) is 5.91 Å². The van der Waals surface area contributed by atoms with Crippen molar-refractivity contribution < 1.29 is 18.7 Å². The Bertz CT molecular complexity index is 1040. The van der Waals surface area contributed by atoms with Gasteiger partial charge in [0.25, 0.3) is 5.91 Å². The third-order valence-corrected chi connectivity index (χ3v) is 5.67. The summed E-state index contributed by atoms with van der Waals surface area (Å²) in [6.45, 7) is 4.27. The van der Waals surface area contributed by atoms with Crippen LogP contribution >= 0.6 is 0 Å². The smallest absolute Gasteiger partial charge is 0.287 e. The van der Waals surface area contributed by atoms with E-state index in [4.69, 9.17) is 9.15 Å². The zero-order chi connectivity index (χ0) is 21.6. The summed E-state index contributed by atoms with van der Waals surface area (Å²) in [7, 11) is 0. The summed E-state index contributed by atoms with van der Waals surface area (Å²) < 4.78 is 11.7. The molecule has 3 aromatic rings. The minimum absolute atomic E-state index is 0.0871. The number of nitrogens with zero attached hydrogens (tertiary/aromatic N) is 1. The normalized spacial score (nSPS) is 16.3. The Kier molecular flexibility index (Phi) is 6.55. The summed E-state index contributed by atoms with van der Waals surface area (Å²) in [6, 6.07) is 17.0. The van der Waals surface area contributed by atoms with Crippen LogP contribution in [0.4, 0.5) is 0 Å². The zero-order valence-electron chi connectivity index (χ0n) is 17.8. The number of para-hydroxylation sites is 2. The highest BCUT2D eigenvalue weighted by Crippen LogP contribution is 2.27. The van der Waals surface area contributed by atoms with Crippen LogP contribution in [0.5, 0.6) is 5.75 Å². The van der Waals surface area contributed by atoms with Crippen molar-refractivity contribution in [1.29, 1.82) is 0 Å². The molecule has 162 valence electrons. The molecule has 1 unspecified atom stereocenters. The van der Waals surface area contributed by atoms with Gasteiger partial charge >= 0.3 is 0 Å². The fourth-order valence-corrected chi connectivity index (χ4v) is 4.04. The molecule has 0 spiro atoms. The van der Waals surface area contributed by atoms with Crippen LogP contribution in [-0.2, 0) is 11.4 Å². The molecule has 2 heterocycles. The van der Waals surface area contributed by atoms with E-state index in [2.05, 4.69) is 12.2 Å². The molecule has 2 amide bonds. The fraction of sp³-hybridized carbons (Fsp3) is 0.360. The van der Waals surface area contributed by atoms with E-state index in [1.54, 1.807) is 0 Å². The molecule has 2 aromatic carbocycles. The first-order chi connectivity index (χ1) is 15.1. The van der Waals surface area contributed by atoms with Gasteiger partial charge in [-0.15, -0.1) is 0 Å². The summed E-state index contributed by atoms with van der Waals surface area (Å²) in [6.07, 6.45) is 2.50. The van der Waals surface area contributed by atoms with Crippen LogP contribution in [-0.4, -0.2) is 36.3 Å². The Hall–Kier alpha value is -3.28. The lowest BCUT2D eigenvalue weighted by Gasteiger charge is -2.31. The van der Waals surface area contributed by atoms with Crippen LogP contribution < -0.4 is 10.1 Å². The molecule has 1 N–H and O–H groups in total. The Morgan fingerprint density at radius 2 is 1.90 bits per heavy atom. The number of amides is 2. The number of carbonyl (C=O) groups excluding carboxylic acids is 2. The monoisotopic (exact) mass is 420 g/mol. The Morgan fingerprint density at radius 3 is 2.71 bits per heavy atom. The predicted octanol–water partition coefficient (Wildman–Crippen LogP) is 4.39. The van der Waals surface area contributed by atoms with Crippen LogP contribution in [0, 0.1) is 5.92 Å². The number of benzene rings is 2. The minimum atomic E-state index is -0.331. The summed E-state index contributed by atoms with van der Waals surface area (Å²) in [5.41, 5.74) is 1.34. The van der Waals surface area contributed by atoms with Gasteiger partial charge in [-0.05, 0) is 37.0 Å². The molecule has 0 bridgehead atoms. The molecule has 4 rings (SSSR count). The molecule has 1 aromatic heterocycles. The van der Waals surface area contributed by atoms with Crippen molar-refractivity contribution in [2.24, 2.45) is 5.92 Å².